The molecule has 0 saturated carbocycles. The second kappa shape index (κ2) is 10.9. The summed E-state index contributed by atoms with van der Waals surface area (Å²) in [5.41, 5.74) is -0.0696. The van der Waals surface area contributed by atoms with Crippen LogP contribution in [0, 0.1) is 11.3 Å². The number of likely N-dealkylation sites (tertiary alicyclic amines) is 1. The van der Waals surface area contributed by atoms with Crippen LogP contribution in [0.15, 0.2) is 71.8 Å². The number of carbonyl (C=O) groups excluding carboxylic acids is 4. The first kappa shape index (κ1) is 25.4. The third-order valence-corrected chi connectivity index (χ3v) is 7.36. The molecule has 1 aliphatic heterocycles. The summed E-state index contributed by atoms with van der Waals surface area (Å²) >= 11 is 1.38. The maximum Gasteiger partial charge on any atom is 0.306 e. The highest BCUT2D eigenvalue weighted by atomic mass is 32.1. The summed E-state index contributed by atoms with van der Waals surface area (Å²) in [6, 6.07) is 12.2. The molecule has 36 heavy (non-hydrogen) atoms. The number of ketones is 1. The Morgan fingerprint density at radius 2 is 1.97 bits per heavy atom. The maximum absolute atomic E-state index is 13.9. The summed E-state index contributed by atoms with van der Waals surface area (Å²) in [6.45, 7) is 2.29. The van der Waals surface area contributed by atoms with Crippen molar-refractivity contribution >= 4 is 34.9 Å². The molecular formula is C27H28N2O6S. The second-order valence-corrected chi connectivity index (χ2v) is 9.65. The Balaban J connectivity index is 1.68. The van der Waals surface area contributed by atoms with Gasteiger partial charge in [-0.3, -0.25) is 19.2 Å². The molecule has 1 spiro atoms. The summed E-state index contributed by atoms with van der Waals surface area (Å²) < 4.78 is 10.4. The van der Waals surface area contributed by atoms with Crippen LogP contribution in [0.2, 0.25) is 0 Å². The third-order valence-electron chi connectivity index (χ3n) is 6.44. The molecule has 188 valence electrons. The zero-order valence-corrected chi connectivity index (χ0v) is 21.0. The highest BCUT2D eigenvalue weighted by molar-refractivity contribution is 7.10. The van der Waals surface area contributed by atoms with Crippen LogP contribution in [0.25, 0.3) is 0 Å². The fourth-order valence-electron chi connectivity index (χ4n) is 4.70. The Labute approximate surface area is 213 Å². The van der Waals surface area contributed by atoms with E-state index < -0.39 is 23.3 Å². The fourth-order valence-corrected chi connectivity index (χ4v) is 5.53. The van der Waals surface area contributed by atoms with Crippen molar-refractivity contribution in [3.63, 3.8) is 0 Å². The monoisotopic (exact) mass is 508 g/mol. The Hall–Kier alpha value is -3.72. The van der Waals surface area contributed by atoms with Gasteiger partial charge in [0.15, 0.2) is 5.76 Å². The minimum Gasteiger partial charge on any atom is -0.493 e. The minimum absolute atomic E-state index is 0.0993. The number of esters is 1. The normalized spacial score (nSPS) is 21.9. The van der Waals surface area contributed by atoms with Crippen LogP contribution in [-0.2, 0) is 35.2 Å². The van der Waals surface area contributed by atoms with E-state index in [1.165, 1.54) is 29.4 Å². The summed E-state index contributed by atoms with van der Waals surface area (Å²) in [5, 5.41) is 4.80. The molecule has 0 radical (unpaired) electrons. The van der Waals surface area contributed by atoms with Crippen LogP contribution in [0.1, 0.15) is 29.8 Å². The average Bonchev–Trinajstić information content (AvgIpc) is 3.49. The number of allylic oxidation sites excluding steroid dienone is 1. The van der Waals surface area contributed by atoms with Crippen LogP contribution >= 0.6 is 11.3 Å². The number of thiophene rings is 1. The van der Waals surface area contributed by atoms with E-state index in [-0.39, 0.29) is 42.9 Å². The number of hydrogen-bond donors (Lipinski definition) is 1. The van der Waals surface area contributed by atoms with Gasteiger partial charge in [-0.25, -0.2) is 0 Å². The summed E-state index contributed by atoms with van der Waals surface area (Å²) in [4.78, 5) is 54.3. The van der Waals surface area contributed by atoms with E-state index >= 15 is 0 Å². The number of rotatable bonds is 9. The predicted molar refractivity (Wildman–Crippen MR) is 133 cm³/mol. The van der Waals surface area contributed by atoms with Crippen molar-refractivity contribution in [2.75, 3.05) is 20.3 Å². The Morgan fingerprint density at radius 3 is 2.64 bits per heavy atom. The molecule has 1 saturated heterocycles. The molecule has 3 atom stereocenters. The first-order chi connectivity index (χ1) is 17.4. The lowest BCUT2D eigenvalue weighted by atomic mass is 9.73. The number of nitrogens with one attached hydrogen (secondary N) is 1. The molecule has 1 aromatic carbocycles. The fraction of sp³-hybridized carbons (Fsp3) is 0.333. The zero-order chi connectivity index (χ0) is 25.7. The lowest BCUT2D eigenvalue weighted by Crippen LogP contribution is -2.41. The Morgan fingerprint density at radius 1 is 1.19 bits per heavy atom. The highest BCUT2D eigenvalue weighted by Gasteiger charge is 2.55. The molecule has 1 unspecified atom stereocenters. The molecule has 2 amide bonds. The molecule has 2 aliphatic rings. The van der Waals surface area contributed by atoms with Crippen LogP contribution in [-0.4, -0.2) is 48.7 Å². The van der Waals surface area contributed by atoms with Crippen molar-refractivity contribution in [2.45, 2.75) is 25.9 Å². The van der Waals surface area contributed by atoms with E-state index in [2.05, 4.69) is 5.32 Å². The van der Waals surface area contributed by atoms with Crippen molar-refractivity contribution < 1.29 is 28.7 Å². The molecule has 4 rings (SSSR count). The van der Waals surface area contributed by atoms with E-state index in [0.717, 1.165) is 5.56 Å². The van der Waals surface area contributed by atoms with Gasteiger partial charge in [0, 0.05) is 23.4 Å². The topological polar surface area (TPSA) is 102 Å². The molecule has 1 aliphatic carbocycles. The first-order valence-electron chi connectivity index (χ1n) is 11.7. The summed E-state index contributed by atoms with van der Waals surface area (Å²) in [5.74, 6) is -2.27. The minimum atomic E-state index is -1.00. The van der Waals surface area contributed by atoms with Crippen LogP contribution in [0.5, 0.6) is 0 Å². The number of amides is 2. The average molecular weight is 509 g/mol. The predicted octanol–water partition coefficient (Wildman–Crippen LogP) is 3.17. The van der Waals surface area contributed by atoms with Gasteiger partial charge in [-0.2, -0.15) is 0 Å². The van der Waals surface area contributed by atoms with E-state index in [0.29, 0.717) is 11.4 Å². The van der Waals surface area contributed by atoms with Gasteiger partial charge in [0.05, 0.1) is 26.1 Å². The van der Waals surface area contributed by atoms with Crippen LogP contribution < -0.4 is 5.32 Å². The molecule has 0 bridgehead atoms. The zero-order valence-electron chi connectivity index (χ0n) is 20.1. The quantitative estimate of drug-likeness (QED) is 0.522. The molecule has 2 aromatic rings. The molecule has 1 N–H and O–H groups in total. The Bertz CT molecular complexity index is 1190. The van der Waals surface area contributed by atoms with Gasteiger partial charge in [-0.1, -0.05) is 42.5 Å². The van der Waals surface area contributed by atoms with Crippen LogP contribution in [0.4, 0.5) is 0 Å². The molecule has 8 nitrogen and oxygen atoms in total. The SMILES string of the molecule is CCOC(=O)C[C@@H]1C(=O)N(C(C(=O)NCc2ccccc2)c2cccs2)C[C@@]12C=CC(=O)C(OC)=C2. The standard InChI is InChI=1S/C27H28N2O6S/c1-3-35-23(31)14-19-26(33)29(17-27(19)12-11-20(30)21(15-27)34-2)24(22-10-7-13-36-22)25(32)28-16-18-8-5-4-6-9-18/h4-13,15,19,24H,3,14,16-17H2,1-2H3,(H,28,32)/t19-,24?,27+/m1/s1. The molecule has 1 fully saturated rings. The largest absolute Gasteiger partial charge is 0.493 e. The van der Waals surface area contributed by atoms with Crippen molar-refractivity contribution in [1.82, 2.24) is 10.2 Å². The van der Waals surface area contributed by atoms with Crippen molar-refractivity contribution in [3.05, 3.63) is 82.3 Å². The number of carbonyl (C=O) groups is 4. The van der Waals surface area contributed by atoms with Gasteiger partial charge in [-0.05, 0) is 36.1 Å². The number of benzene rings is 1. The van der Waals surface area contributed by atoms with Crippen molar-refractivity contribution in [3.8, 4) is 0 Å². The summed E-state index contributed by atoms with van der Waals surface area (Å²) in [6.07, 6.45) is 4.43. The third kappa shape index (κ3) is 5.11. The number of methoxy groups -OCH3 is 1. The molecular weight excluding hydrogens is 480 g/mol. The highest BCUT2D eigenvalue weighted by Crippen LogP contribution is 2.47. The number of ether oxygens (including phenoxy) is 2. The second-order valence-electron chi connectivity index (χ2n) is 8.67. The lowest BCUT2D eigenvalue weighted by molar-refractivity contribution is -0.148. The van der Waals surface area contributed by atoms with Crippen LogP contribution in [0.3, 0.4) is 0 Å². The number of nitrogens with zero attached hydrogens (tertiary/aromatic N) is 1. The van der Waals surface area contributed by atoms with Gasteiger partial charge in [-0.15, -0.1) is 11.3 Å². The summed E-state index contributed by atoms with van der Waals surface area (Å²) in [7, 11) is 1.39. The first-order valence-corrected chi connectivity index (χ1v) is 12.6. The van der Waals surface area contributed by atoms with Crippen molar-refractivity contribution in [1.29, 1.82) is 0 Å². The van der Waals surface area contributed by atoms with Crippen molar-refractivity contribution in [2.24, 2.45) is 11.3 Å². The molecule has 9 heteroatoms. The van der Waals surface area contributed by atoms with Gasteiger partial charge in [0.1, 0.15) is 6.04 Å². The lowest BCUT2D eigenvalue weighted by Gasteiger charge is -2.30. The van der Waals surface area contributed by atoms with Gasteiger partial charge in [0.25, 0.3) is 0 Å². The van der Waals surface area contributed by atoms with E-state index in [4.69, 9.17) is 9.47 Å². The Kier molecular flexibility index (Phi) is 7.69. The van der Waals surface area contributed by atoms with E-state index in [1.54, 1.807) is 19.1 Å². The van der Waals surface area contributed by atoms with Gasteiger partial charge in [0.2, 0.25) is 17.6 Å². The molecule has 1 aromatic heterocycles. The molecule has 2 heterocycles. The maximum atomic E-state index is 13.9. The number of hydrogen-bond acceptors (Lipinski definition) is 7. The van der Waals surface area contributed by atoms with E-state index in [1.807, 2.05) is 47.8 Å². The van der Waals surface area contributed by atoms with Gasteiger partial charge >= 0.3 is 5.97 Å². The van der Waals surface area contributed by atoms with Gasteiger partial charge < -0.3 is 19.7 Å². The smallest absolute Gasteiger partial charge is 0.306 e. The van der Waals surface area contributed by atoms with E-state index in [9.17, 15) is 19.2 Å².